The van der Waals surface area contributed by atoms with Crippen LogP contribution in [0.5, 0.6) is 0 Å². The van der Waals surface area contributed by atoms with Crippen LogP contribution in [0.25, 0.3) is 0 Å². The SMILES string of the molecule is CSCCC(=O)OC1(c2ccccc2)CCNCC1. The van der Waals surface area contributed by atoms with E-state index in [4.69, 9.17) is 4.74 Å². The van der Waals surface area contributed by atoms with Crippen molar-refractivity contribution in [2.75, 3.05) is 25.1 Å². The highest BCUT2D eigenvalue weighted by atomic mass is 32.2. The second kappa shape index (κ2) is 6.96. The Balaban J connectivity index is 2.13. The van der Waals surface area contributed by atoms with Gasteiger partial charge in [0.05, 0.1) is 6.42 Å². The van der Waals surface area contributed by atoms with Crippen molar-refractivity contribution in [2.24, 2.45) is 0 Å². The average Bonchev–Trinajstić information content (AvgIpc) is 2.47. The second-order valence-corrected chi connectivity index (χ2v) is 5.81. The first-order valence-corrected chi connectivity index (χ1v) is 8.13. The van der Waals surface area contributed by atoms with E-state index < -0.39 is 5.60 Å². The predicted octanol–water partition coefficient (Wildman–Crippen LogP) is 2.56. The molecule has 4 heteroatoms. The summed E-state index contributed by atoms with van der Waals surface area (Å²) in [6.07, 6.45) is 4.19. The lowest BCUT2D eigenvalue weighted by Crippen LogP contribution is -2.43. The van der Waals surface area contributed by atoms with Gasteiger partial charge in [-0.15, -0.1) is 0 Å². The van der Waals surface area contributed by atoms with Crippen LogP contribution in [0.2, 0.25) is 0 Å². The topological polar surface area (TPSA) is 38.3 Å². The molecular weight excluding hydrogens is 258 g/mol. The molecule has 1 fully saturated rings. The van der Waals surface area contributed by atoms with E-state index in [0.717, 1.165) is 37.2 Å². The molecule has 2 rings (SSSR count). The highest BCUT2D eigenvalue weighted by Gasteiger charge is 2.37. The molecule has 1 aromatic rings. The van der Waals surface area contributed by atoms with Crippen LogP contribution < -0.4 is 5.32 Å². The zero-order valence-electron chi connectivity index (χ0n) is 11.4. The number of piperidine rings is 1. The Morgan fingerprint density at radius 2 is 2.00 bits per heavy atom. The molecule has 0 unspecified atom stereocenters. The van der Waals surface area contributed by atoms with Crippen LogP contribution in [0.4, 0.5) is 0 Å². The van der Waals surface area contributed by atoms with Crippen molar-refractivity contribution < 1.29 is 9.53 Å². The summed E-state index contributed by atoms with van der Waals surface area (Å²) in [7, 11) is 0. The molecule has 0 amide bonds. The fourth-order valence-corrected chi connectivity index (χ4v) is 2.85. The molecule has 1 aromatic carbocycles. The Morgan fingerprint density at radius 1 is 1.32 bits per heavy atom. The molecule has 1 N–H and O–H groups in total. The summed E-state index contributed by atoms with van der Waals surface area (Å²) in [6.45, 7) is 1.79. The van der Waals surface area contributed by atoms with Crippen molar-refractivity contribution in [1.82, 2.24) is 5.32 Å². The number of benzene rings is 1. The number of hydrogen-bond donors (Lipinski definition) is 1. The standard InChI is InChI=1S/C15H21NO2S/c1-19-12-7-14(17)18-15(8-10-16-11-9-15)13-5-3-2-4-6-13/h2-6,16H,7-12H2,1H3. The van der Waals surface area contributed by atoms with Gasteiger partial charge in [0.1, 0.15) is 5.60 Å². The van der Waals surface area contributed by atoms with E-state index in [1.807, 2.05) is 24.5 Å². The molecule has 0 radical (unpaired) electrons. The number of hydrogen-bond acceptors (Lipinski definition) is 4. The van der Waals surface area contributed by atoms with Crippen LogP contribution in [0.15, 0.2) is 30.3 Å². The molecule has 0 aliphatic carbocycles. The summed E-state index contributed by atoms with van der Waals surface area (Å²) in [5.74, 6) is 0.738. The van der Waals surface area contributed by atoms with Crippen LogP contribution in [0.1, 0.15) is 24.8 Å². The summed E-state index contributed by atoms with van der Waals surface area (Å²) in [6, 6.07) is 10.1. The maximum absolute atomic E-state index is 12.0. The number of thioether (sulfide) groups is 1. The molecule has 0 aromatic heterocycles. The Morgan fingerprint density at radius 3 is 2.63 bits per heavy atom. The molecule has 0 atom stereocenters. The zero-order chi connectivity index (χ0) is 13.6. The largest absolute Gasteiger partial charge is 0.454 e. The van der Waals surface area contributed by atoms with Crippen molar-refractivity contribution in [1.29, 1.82) is 0 Å². The molecule has 1 heterocycles. The third-order valence-corrected chi connectivity index (χ3v) is 4.14. The van der Waals surface area contributed by atoms with E-state index in [-0.39, 0.29) is 5.97 Å². The lowest BCUT2D eigenvalue weighted by molar-refractivity contribution is -0.163. The van der Waals surface area contributed by atoms with Gasteiger partial charge in [0.25, 0.3) is 0 Å². The van der Waals surface area contributed by atoms with Crippen molar-refractivity contribution in [3.8, 4) is 0 Å². The summed E-state index contributed by atoms with van der Waals surface area (Å²) >= 11 is 1.67. The summed E-state index contributed by atoms with van der Waals surface area (Å²) < 4.78 is 5.87. The zero-order valence-corrected chi connectivity index (χ0v) is 12.2. The van der Waals surface area contributed by atoms with E-state index in [9.17, 15) is 4.79 Å². The number of carbonyl (C=O) groups excluding carboxylic acids is 1. The fraction of sp³-hybridized carbons (Fsp3) is 0.533. The molecule has 0 saturated carbocycles. The number of nitrogens with one attached hydrogen (secondary N) is 1. The van der Waals surface area contributed by atoms with Crippen LogP contribution in [0.3, 0.4) is 0 Å². The third-order valence-electron chi connectivity index (χ3n) is 3.53. The van der Waals surface area contributed by atoms with Crippen LogP contribution in [-0.4, -0.2) is 31.1 Å². The summed E-state index contributed by atoms with van der Waals surface area (Å²) in [5, 5.41) is 3.33. The first-order valence-electron chi connectivity index (χ1n) is 6.74. The number of ether oxygens (including phenoxy) is 1. The molecule has 1 aliphatic heterocycles. The van der Waals surface area contributed by atoms with E-state index in [2.05, 4.69) is 17.4 Å². The van der Waals surface area contributed by atoms with Gasteiger partial charge in [0.15, 0.2) is 0 Å². The smallest absolute Gasteiger partial charge is 0.307 e. The minimum absolute atomic E-state index is 0.0832. The Hall–Kier alpha value is -1.00. The Bertz CT molecular complexity index is 402. The van der Waals surface area contributed by atoms with Crippen molar-refractivity contribution in [3.05, 3.63) is 35.9 Å². The lowest BCUT2D eigenvalue weighted by atomic mass is 9.85. The Kier molecular flexibility index (Phi) is 5.28. The first-order chi connectivity index (χ1) is 9.27. The van der Waals surface area contributed by atoms with Crippen LogP contribution in [-0.2, 0) is 15.1 Å². The first kappa shape index (κ1) is 14.4. The van der Waals surface area contributed by atoms with Crippen molar-refractivity contribution in [3.63, 3.8) is 0 Å². The second-order valence-electron chi connectivity index (χ2n) is 4.83. The van der Waals surface area contributed by atoms with Crippen molar-refractivity contribution >= 4 is 17.7 Å². The molecule has 0 bridgehead atoms. The maximum Gasteiger partial charge on any atom is 0.307 e. The highest BCUT2D eigenvalue weighted by Crippen LogP contribution is 2.35. The molecule has 104 valence electrons. The summed E-state index contributed by atoms with van der Waals surface area (Å²) in [5.41, 5.74) is 0.691. The maximum atomic E-state index is 12.0. The van der Waals surface area contributed by atoms with Crippen LogP contribution >= 0.6 is 11.8 Å². The van der Waals surface area contributed by atoms with Gasteiger partial charge >= 0.3 is 5.97 Å². The van der Waals surface area contributed by atoms with Gasteiger partial charge in [0.2, 0.25) is 0 Å². The van der Waals surface area contributed by atoms with Gasteiger partial charge in [-0.3, -0.25) is 4.79 Å². The molecule has 1 aliphatic rings. The molecule has 0 spiro atoms. The predicted molar refractivity (Wildman–Crippen MR) is 79.3 cm³/mol. The monoisotopic (exact) mass is 279 g/mol. The number of rotatable bonds is 5. The quantitative estimate of drug-likeness (QED) is 0.841. The summed E-state index contributed by atoms with van der Waals surface area (Å²) in [4.78, 5) is 12.0. The Labute approximate surface area is 119 Å². The molecule has 3 nitrogen and oxygen atoms in total. The van der Waals surface area contributed by atoms with Gasteiger partial charge in [-0.2, -0.15) is 11.8 Å². The van der Waals surface area contributed by atoms with Gasteiger partial charge in [-0.25, -0.2) is 0 Å². The number of carbonyl (C=O) groups is 1. The van der Waals surface area contributed by atoms with E-state index >= 15 is 0 Å². The van der Waals surface area contributed by atoms with E-state index in [1.54, 1.807) is 11.8 Å². The van der Waals surface area contributed by atoms with E-state index in [1.165, 1.54) is 0 Å². The number of esters is 1. The van der Waals surface area contributed by atoms with Crippen molar-refractivity contribution in [2.45, 2.75) is 24.9 Å². The minimum atomic E-state index is -0.429. The van der Waals surface area contributed by atoms with Gasteiger partial charge < -0.3 is 10.1 Å². The lowest BCUT2D eigenvalue weighted by Gasteiger charge is -2.37. The van der Waals surface area contributed by atoms with Gasteiger partial charge in [0, 0.05) is 18.6 Å². The average molecular weight is 279 g/mol. The molecule has 19 heavy (non-hydrogen) atoms. The van der Waals surface area contributed by atoms with Gasteiger partial charge in [-0.05, 0) is 24.9 Å². The van der Waals surface area contributed by atoms with E-state index in [0.29, 0.717) is 6.42 Å². The molecule has 1 saturated heterocycles. The molecular formula is C15H21NO2S. The minimum Gasteiger partial charge on any atom is -0.454 e. The van der Waals surface area contributed by atoms with Gasteiger partial charge in [-0.1, -0.05) is 30.3 Å². The third kappa shape index (κ3) is 3.74. The fourth-order valence-electron chi connectivity index (χ4n) is 2.48. The normalized spacial score (nSPS) is 17.9. The highest BCUT2D eigenvalue weighted by molar-refractivity contribution is 7.98. The van der Waals surface area contributed by atoms with Crippen LogP contribution in [0, 0.1) is 0 Å².